The summed E-state index contributed by atoms with van der Waals surface area (Å²) in [5, 5.41) is 0. The molecule has 0 heterocycles. The van der Waals surface area contributed by atoms with Gasteiger partial charge < -0.3 is 14.2 Å². The number of rotatable bonds is 57. The maximum atomic E-state index is 12.9. The summed E-state index contributed by atoms with van der Waals surface area (Å²) in [5.41, 5.74) is 0. The number of unbranched alkanes of at least 4 members (excludes halogenated alkanes) is 36. The van der Waals surface area contributed by atoms with Gasteiger partial charge >= 0.3 is 11.9 Å². The minimum Gasteiger partial charge on any atom is -0.462 e. The first-order valence-electron chi connectivity index (χ1n) is 30.8. The van der Waals surface area contributed by atoms with Crippen LogP contribution in [0.2, 0.25) is 0 Å². The maximum Gasteiger partial charge on any atom is 0.306 e. The van der Waals surface area contributed by atoms with Gasteiger partial charge in [0.05, 0.1) is 6.61 Å². The van der Waals surface area contributed by atoms with Crippen molar-refractivity contribution in [1.82, 2.24) is 0 Å². The van der Waals surface area contributed by atoms with Crippen LogP contribution in [-0.4, -0.2) is 37.9 Å². The van der Waals surface area contributed by atoms with Crippen LogP contribution in [0.25, 0.3) is 0 Å². The number of hydrogen-bond donors (Lipinski definition) is 0. The van der Waals surface area contributed by atoms with Crippen LogP contribution in [0.5, 0.6) is 0 Å². The highest BCUT2D eigenvalue weighted by Crippen LogP contribution is 2.16. The monoisotopic (exact) mass is 979 g/mol. The minimum atomic E-state index is -0.545. The highest BCUT2D eigenvalue weighted by atomic mass is 16.6. The van der Waals surface area contributed by atoms with Gasteiger partial charge in [0.15, 0.2) is 6.10 Å². The van der Waals surface area contributed by atoms with Crippen molar-refractivity contribution in [1.29, 1.82) is 0 Å². The van der Waals surface area contributed by atoms with Crippen molar-refractivity contribution in [3.8, 4) is 0 Å². The van der Waals surface area contributed by atoms with Gasteiger partial charge in [-0.25, -0.2) is 0 Å². The molecule has 0 fully saturated rings. The first kappa shape index (κ1) is 67.6. The van der Waals surface area contributed by atoms with Crippen molar-refractivity contribution < 1.29 is 23.8 Å². The Kier molecular flexibility index (Phi) is 58.8. The number of hydrogen-bond acceptors (Lipinski definition) is 5. The van der Waals surface area contributed by atoms with Crippen LogP contribution in [-0.2, 0) is 23.8 Å². The highest BCUT2D eigenvalue weighted by molar-refractivity contribution is 5.70. The summed E-state index contributed by atoms with van der Waals surface area (Å²) in [7, 11) is 0. The third-order valence-electron chi connectivity index (χ3n) is 13.5. The average molecular weight is 980 g/mol. The summed E-state index contributed by atoms with van der Waals surface area (Å²) in [6.07, 6.45) is 78.1. The molecular weight excluding hydrogens is 861 g/mol. The second kappa shape index (κ2) is 60.9. The maximum absolute atomic E-state index is 12.9. The van der Waals surface area contributed by atoms with E-state index in [4.69, 9.17) is 14.2 Å². The summed E-state index contributed by atoms with van der Waals surface area (Å²) in [6, 6.07) is 0. The van der Waals surface area contributed by atoms with Crippen LogP contribution in [0, 0.1) is 0 Å². The van der Waals surface area contributed by atoms with E-state index in [1.54, 1.807) is 0 Å². The molecule has 0 aliphatic rings. The van der Waals surface area contributed by atoms with Crippen molar-refractivity contribution in [3.05, 3.63) is 60.8 Å². The Morgan fingerprint density at radius 1 is 0.314 bits per heavy atom. The quantitative estimate of drug-likeness (QED) is 0.0345. The average Bonchev–Trinajstić information content (AvgIpc) is 3.36. The Morgan fingerprint density at radius 2 is 0.600 bits per heavy atom. The van der Waals surface area contributed by atoms with E-state index in [2.05, 4.69) is 81.5 Å². The molecule has 0 aliphatic heterocycles. The zero-order valence-electron chi connectivity index (χ0n) is 47.0. The van der Waals surface area contributed by atoms with Gasteiger partial charge in [-0.3, -0.25) is 9.59 Å². The lowest BCUT2D eigenvalue weighted by atomic mass is 10.0. The predicted octanol–water partition coefficient (Wildman–Crippen LogP) is 21.2. The van der Waals surface area contributed by atoms with E-state index in [1.807, 2.05) is 0 Å². The van der Waals surface area contributed by atoms with Gasteiger partial charge in [0, 0.05) is 19.4 Å². The van der Waals surface area contributed by atoms with Crippen LogP contribution < -0.4 is 0 Å². The van der Waals surface area contributed by atoms with Gasteiger partial charge in [-0.05, 0) is 89.9 Å². The fourth-order valence-electron chi connectivity index (χ4n) is 8.90. The molecule has 5 heteroatoms. The lowest BCUT2D eigenvalue weighted by molar-refractivity contribution is -0.163. The fraction of sp³-hybridized carbons (Fsp3) is 0.815. The molecule has 0 amide bonds. The normalized spacial score (nSPS) is 12.6. The molecule has 1 atom stereocenters. The van der Waals surface area contributed by atoms with E-state index in [-0.39, 0.29) is 25.2 Å². The Bertz CT molecular complexity index is 1200. The molecule has 0 saturated carbocycles. The smallest absolute Gasteiger partial charge is 0.306 e. The highest BCUT2D eigenvalue weighted by Gasteiger charge is 2.17. The molecule has 70 heavy (non-hydrogen) atoms. The number of allylic oxidation sites excluding steroid dienone is 10. The Hall–Kier alpha value is -2.40. The van der Waals surface area contributed by atoms with Crippen molar-refractivity contribution in [2.45, 2.75) is 322 Å². The van der Waals surface area contributed by atoms with Crippen molar-refractivity contribution >= 4 is 11.9 Å². The van der Waals surface area contributed by atoms with E-state index in [0.29, 0.717) is 19.4 Å². The van der Waals surface area contributed by atoms with Crippen molar-refractivity contribution in [2.75, 3.05) is 19.8 Å². The molecule has 0 bridgehead atoms. The largest absolute Gasteiger partial charge is 0.462 e. The van der Waals surface area contributed by atoms with Gasteiger partial charge in [0.2, 0.25) is 0 Å². The van der Waals surface area contributed by atoms with E-state index in [1.165, 1.54) is 212 Å². The van der Waals surface area contributed by atoms with Crippen LogP contribution in [0.3, 0.4) is 0 Å². The second-order valence-electron chi connectivity index (χ2n) is 20.6. The lowest BCUT2D eigenvalue weighted by Crippen LogP contribution is -2.30. The number of esters is 2. The lowest BCUT2D eigenvalue weighted by Gasteiger charge is -2.18. The molecule has 0 aromatic heterocycles. The Balaban J connectivity index is 4.29. The Morgan fingerprint density at radius 3 is 0.986 bits per heavy atom. The molecule has 0 spiro atoms. The summed E-state index contributed by atoms with van der Waals surface area (Å²) in [5.74, 6) is -0.399. The van der Waals surface area contributed by atoms with Crippen molar-refractivity contribution in [2.24, 2.45) is 0 Å². The molecule has 0 aliphatic carbocycles. The van der Waals surface area contributed by atoms with Gasteiger partial charge in [-0.15, -0.1) is 0 Å². The first-order valence-corrected chi connectivity index (χ1v) is 30.8. The molecule has 0 saturated heterocycles. The topological polar surface area (TPSA) is 61.8 Å². The minimum absolute atomic E-state index is 0.0784. The zero-order valence-corrected chi connectivity index (χ0v) is 47.0. The Labute approximate surface area is 436 Å². The van der Waals surface area contributed by atoms with Crippen LogP contribution in [0.1, 0.15) is 316 Å². The third-order valence-corrected chi connectivity index (χ3v) is 13.5. The van der Waals surface area contributed by atoms with Crippen LogP contribution in [0.15, 0.2) is 60.8 Å². The molecule has 0 N–H and O–H groups in total. The van der Waals surface area contributed by atoms with Gasteiger partial charge in [0.25, 0.3) is 0 Å². The summed E-state index contributed by atoms with van der Waals surface area (Å²) < 4.78 is 17.5. The summed E-state index contributed by atoms with van der Waals surface area (Å²) >= 11 is 0. The van der Waals surface area contributed by atoms with E-state index < -0.39 is 6.10 Å². The van der Waals surface area contributed by atoms with E-state index >= 15 is 0 Å². The number of carbonyl (C=O) groups is 2. The predicted molar refractivity (Wildman–Crippen MR) is 307 cm³/mol. The summed E-state index contributed by atoms with van der Waals surface area (Å²) in [4.78, 5) is 25.6. The SMILES string of the molecule is CCCCC/C=C\C/C=C\C/C=C\CCCCCCCCC(=O)OCC(COCCCCCCCCCC/C=C\C/C=C\CCCCC)OC(=O)CCCCCCCCCCCCCCCCCCC. The van der Waals surface area contributed by atoms with Gasteiger partial charge in [-0.1, -0.05) is 274 Å². The molecule has 0 aromatic carbocycles. The van der Waals surface area contributed by atoms with Gasteiger partial charge in [-0.2, -0.15) is 0 Å². The van der Waals surface area contributed by atoms with Crippen molar-refractivity contribution in [3.63, 3.8) is 0 Å². The first-order chi connectivity index (χ1) is 34.6. The number of carbonyl (C=O) groups excluding carboxylic acids is 2. The third kappa shape index (κ3) is 58.2. The standard InChI is InChI=1S/C65H118O5/c1-4-7-10-13-16-19-22-25-28-31-33-35-37-40-43-46-49-52-55-58-64(66)69-62-63(61-68-60-57-54-51-48-45-42-39-36-32-29-26-23-20-17-14-11-8-5-2)70-65(67)59-56-53-50-47-44-41-38-34-30-27-24-21-18-15-12-9-6-3/h16-17,19-20,25-26,28-29,33,35,63H,4-15,18,21-24,27,30-32,34,36-62H2,1-3H3/b19-16-,20-17-,28-25-,29-26-,35-33-. The summed E-state index contributed by atoms with van der Waals surface area (Å²) in [6.45, 7) is 7.80. The van der Waals surface area contributed by atoms with E-state index in [0.717, 1.165) is 70.6 Å². The molecule has 5 nitrogen and oxygen atoms in total. The van der Waals surface area contributed by atoms with Gasteiger partial charge in [0.1, 0.15) is 6.61 Å². The fourth-order valence-corrected chi connectivity index (χ4v) is 8.90. The molecular formula is C65H118O5. The molecule has 0 radical (unpaired) electrons. The second-order valence-corrected chi connectivity index (χ2v) is 20.6. The van der Waals surface area contributed by atoms with Crippen LogP contribution in [0.4, 0.5) is 0 Å². The molecule has 0 aromatic rings. The van der Waals surface area contributed by atoms with E-state index in [9.17, 15) is 9.59 Å². The molecule has 408 valence electrons. The zero-order chi connectivity index (χ0) is 50.6. The molecule has 1 unspecified atom stereocenters. The molecule has 0 rings (SSSR count). The number of ether oxygens (including phenoxy) is 3. The van der Waals surface area contributed by atoms with Crippen LogP contribution >= 0.6 is 0 Å².